The SMILES string of the molecule is CN(C)CCO[C@@H]1CN(Cc2nccs2)[C@H]2CCCO[C@@H]12. The molecule has 2 saturated heterocycles. The van der Waals surface area contributed by atoms with E-state index in [9.17, 15) is 0 Å². The average Bonchev–Trinajstić information content (AvgIpc) is 3.09. The molecule has 0 unspecified atom stereocenters. The van der Waals surface area contributed by atoms with Crippen LogP contribution in [0.4, 0.5) is 0 Å². The third-order valence-corrected chi connectivity index (χ3v) is 5.04. The number of ether oxygens (including phenoxy) is 2. The Labute approximate surface area is 130 Å². The van der Waals surface area contributed by atoms with E-state index in [1.165, 1.54) is 11.4 Å². The Morgan fingerprint density at radius 2 is 2.43 bits per heavy atom. The first-order chi connectivity index (χ1) is 10.2. The van der Waals surface area contributed by atoms with Crippen LogP contribution in [0.1, 0.15) is 17.8 Å². The zero-order valence-corrected chi connectivity index (χ0v) is 13.7. The Balaban J connectivity index is 1.60. The lowest BCUT2D eigenvalue weighted by atomic mass is 10.0. The van der Waals surface area contributed by atoms with Gasteiger partial charge in [-0.2, -0.15) is 0 Å². The van der Waals surface area contributed by atoms with Crippen molar-refractivity contribution in [2.24, 2.45) is 0 Å². The lowest BCUT2D eigenvalue weighted by Crippen LogP contribution is -2.42. The maximum Gasteiger partial charge on any atom is 0.107 e. The molecule has 0 N–H and O–H groups in total. The molecule has 1 aromatic heterocycles. The predicted octanol–water partition coefficient (Wildman–Crippen LogP) is 1.45. The number of rotatable bonds is 6. The fraction of sp³-hybridized carbons (Fsp3) is 0.800. The highest BCUT2D eigenvalue weighted by Crippen LogP contribution is 2.32. The molecule has 3 rings (SSSR count). The van der Waals surface area contributed by atoms with Gasteiger partial charge >= 0.3 is 0 Å². The van der Waals surface area contributed by atoms with Gasteiger partial charge in [-0.1, -0.05) is 0 Å². The average molecular weight is 311 g/mol. The van der Waals surface area contributed by atoms with E-state index in [1.807, 2.05) is 11.6 Å². The van der Waals surface area contributed by atoms with E-state index in [2.05, 4.69) is 28.9 Å². The minimum Gasteiger partial charge on any atom is -0.374 e. The van der Waals surface area contributed by atoms with Crippen LogP contribution in [0.15, 0.2) is 11.6 Å². The maximum atomic E-state index is 6.11. The Kier molecular flexibility index (Phi) is 5.24. The predicted molar refractivity (Wildman–Crippen MR) is 83.6 cm³/mol. The summed E-state index contributed by atoms with van der Waals surface area (Å²) >= 11 is 1.73. The van der Waals surface area contributed by atoms with Crippen LogP contribution in [-0.2, 0) is 16.0 Å². The lowest BCUT2D eigenvalue weighted by molar-refractivity contribution is -0.0787. The maximum absolute atomic E-state index is 6.11. The van der Waals surface area contributed by atoms with Gasteiger partial charge in [-0.15, -0.1) is 11.3 Å². The molecule has 3 atom stereocenters. The zero-order chi connectivity index (χ0) is 14.7. The number of thiazole rings is 1. The zero-order valence-electron chi connectivity index (χ0n) is 12.9. The van der Waals surface area contributed by atoms with Crippen molar-refractivity contribution in [1.29, 1.82) is 0 Å². The number of likely N-dealkylation sites (tertiary alicyclic amines) is 1. The number of hydrogen-bond acceptors (Lipinski definition) is 6. The van der Waals surface area contributed by atoms with E-state index in [4.69, 9.17) is 9.47 Å². The molecule has 3 heterocycles. The highest BCUT2D eigenvalue weighted by atomic mass is 32.1. The molecular formula is C15H25N3O2S. The summed E-state index contributed by atoms with van der Waals surface area (Å²) in [6, 6.07) is 0.493. The Morgan fingerprint density at radius 3 is 3.19 bits per heavy atom. The molecule has 6 heteroatoms. The van der Waals surface area contributed by atoms with Crippen molar-refractivity contribution in [3.63, 3.8) is 0 Å². The van der Waals surface area contributed by atoms with E-state index in [1.54, 1.807) is 11.3 Å². The van der Waals surface area contributed by atoms with Gasteiger partial charge in [0.05, 0.1) is 19.3 Å². The highest BCUT2D eigenvalue weighted by Gasteiger charge is 2.44. The van der Waals surface area contributed by atoms with Gasteiger partial charge in [0, 0.05) is 37.3 Å². The fourth-order valence-electron chi connectivity index (χ4n) is 3.22. The Bertz CT molecular complexity index is 427. The molecule has 2 aliphatic rings. The summed E-state index contributed by atoms with van der Waals surface area (Å²) in [6.07, 6.45) is 4.69. The van der Waals surface area contributed by atoms with E-state index in [0.29, 0.717) is 6.04 Å². The van der Waals surface area contributed by atoms with Crippen molar-refractivity contribution in [2.75, 3.05) is 40.4 Å². The van der Waals surface area contributed by atoms with Gasteiger partial charge in [-0.25, -0.2) is 4.98 Å². The molecule has 0 spiro atoms. The Morgan fingerprint density at radius 1 is 1.52 bits per heavy atom. The van der Waals surface area contributed by atoms with Crippen molar-refractivity contribution >= 4 is 11.3 Å². The first kappa shape index (κ1) is 15.4. The molecule has 0 aliphatic carbocycles. The molecule has 0 saturated carbocycles. The minimum atomic E-state index is 0.204. The molecule has 21 heavy (non-hydrogen) atoms. The van der Waals surface area contributed by atoms with E-state index in [-0.39, 0.29) is 12.2 Å². The van der Waals surface area contributed by atoms with Crippen molar-refractivity contribution in [2.45, 2.75) is 37.6 Å². The molecule has 2 aliphatic heterocycles. The van der Waals surface area contributed by atoms with Crippen LogP contribution in [0, 0.1) is 0 Å². The van der Waals surface area contributed by atoms with E-state index < -0.39 is 0 Å². The standard InChI is InChI=1S/C15H25N3O2S/c1-17(2)6-8-19-13-10-18(11-14-16-5-9-21-14)12-4-3-7-20-15(12)13/h5,9,12-13,15H,3-4,6-8,10-11H2,1-2H3/t12-,13+,15+/m0/s1. The summed E-state index contributed by atoms with van der Waals surface area (Å²) in [4.78, 5) is 9.07. The molecule has 0 radical (unpaired) electrons. The van der Waals surface area contributed by atoms with Gasteiger partial charge in [0.2, 0.25) is 0 Å². The highest BCUT2D eigenvalue weighted by molar-refractivity contribution is 7.09. The third-order valence-electron chi connectivity index (χ3n) is 4.28. The van der Waals surface area contributed by atoms with Crippen molar-refractivity contribution in [1.82, 2.24) is 14.8 Å². The number of likely N-dealkylation sites (N-methyl/N-ethyl adjacent to an activating group) is 1. The smallest absolute Gasteiger partial charge is 0.107 e. The van der Waals surface area contributed by atoms with E-state index >= 15 is 0 Å². The summed E-state index contributed by atoms with van der Waals surface area (Å²) in [5, 5.41) is 3.24. The van der Waals surface area contributed by atoms with E-state index in [0.717, 1.165) is 39.3 Å². The number of nitrogens with zero attached hydrogens (tertiary/aromatic N) is 3. The monoisotopic (exact) mass is 311 g/mol. The van der Waals surface area contributed by atoms with Crippen LogP contribution < -0.4 is 0 Å². The van der Waals surface area contributed by atoms with Gasteiger partial charge in [0.15, 0.2) is 0 Å². The van der Waals surface area contributed by atoms with Gasteiger partial charge < -0.3 is 14.4 Å². The summed E-state index contributed by atoms with van der Waals surface area (Å²) < 4.78 is 12.1. The largest absolute Gasteiger partial charge is 0.374 e. The molecule has 0 aromatic carbocycles. The van der Waals surface area contributed by atoms with Gasteiger partial charge in [-0.3, -0.25) is 4.90 Å². The first-order valence-corrected chi connectivity index (χ1v) is 8.62. The second-order valence-corrected chi connectivity index (χ2v) is 7.09. The van der Waals surface area contributed by atoms with Gasteiger partial charge in [0.25, 0.3) is 0 Å². The van der Waals surface area contributed by atoms with Crippen LogP contribution in [-0.4, -0.2) is 73.4 Å². The summed E-state index contributed by atoms with van der Waals surface area (Å²) in [7, 11) is 4.15. The van der Waals surface area contributed by atoms with Crippen LogP contribution >= 0.6 is 11.3 Å². The molecule has 5 nitrogen and oxygen atoms in total. The normalized spacial score (nSPS) is 30.0. The van der Waals surface area contributed by atoms with Crippen molar-refractivity contribution in [3.05, 3.63) is 16.6 Å². The van der Waals surface area contributed by atoms with Crippen molar-refractivity contribution in [3.8, 4) is 0 Å². The Hall–Kier alpha value is -0.530. The number of hydrogen-bond donors (Lipinski definition) is 0. The van der Waals surface area contributed by atoms with Crippen LogP contribution in [0.3, 0.4) is 0 Å². The van der Waals surface area contributed by atoms with Gasteiger partial charge in [0.1, 0.15) is 11.1 Å². The molecule has 0 bridgehead atoms. The quantitative estimate of drug-likeness (QED) is 0.795. The van der Waals surface area contributed by atoms with Crippen LogP contribution in [0.5, 0.6) is 0 Å². The first-order valence-electron chi connectivity index (χ1n) is 7.74. The summed E-state index contributed by atoms with van der Waals surface area (Å²) in [5.41, 5.74) is 0. The summed E-state index contributed by atoms with van der Waals surface area (Å²) in [6.45, 7) is 4.49. The molecule has 0 amide bonds. The molecule has 1 aromatic rings. The topological polar surface area (TPSA) is 37.8 Å². The van der Waals surface area contributed by atoms with Crippen LogP contribution in [0.2, 0.25) is 0 Å². The van der Waals surface area contributed by atoms with Crippen molar-refractivity contribution < 1.29 is 9.47 Å². The van der Waals surface area contributed by atoms with Gasteiger partial charge in [-0.05, 0) is 26.9 Å². The molecule has 118 valence electrons. The minimum absolute atomic E-state index is 0.204. The molecule has 2 fully saturated rings. The second kappa shape index (κ2) is 7.15. The number of fused-ring (bicyclic) bond motifs is 1. The summed E-state index contributed by atoms with van der Waals surface area (Å²) in [5.74, 6) is 0. The third kappa shape index (κ3) is 3.81. The second-order valence-electron chi connectivity index (χ2n) is 6.11. The fourth-order valence-corrected chi connectivity index (χ4v) is 3.86. The number of aromatic nitrogens is 1. The lowest BCUT2D eigenvalue weighted by Gasteiger charge is -2.32. The molecular weight excluding hydrogens is 286 g/mol. The van der Waals surface area contributed by atoms with Crippen LogP contribution in [0.25, 0.3) is 0 Å².